The van der Waals surface area contributed by atoms with Crippen LogP contribution in [0.25, 0.3) is 0 Å². The Morgan fingerprint density at radius 3 is 2.81 bits per heavy atom. The van der Waals surface area contributed by atoms with E-state index in [2.05, 4.69) is 33.5 Å². The number of anilines is 1. The fraction of sp³-hybridized carbons (Fsp3) is 0.429. The fourth-order valence-corrected chi connectivity index (χ4v) is 4.39. The summed E-state index contributed by atoms with van der Waals surface area (Å²) in [6.45, 7) is 4.69. The maximum Gasteiger partial charge on any atom is 0.315 e. The summed E-state index contributed by atoms with van der Waals surface area (Å²) in [5.41, 5.74) is 2.61. The molecule has 2 N–H and O–H groups in total. The molecule has 0 atom stereocenters. The lowest BCUT2D eigenvalue weighted by atomic mass is 9.65. The molecule has 0 bridgehead atoms. The van der Waals surface area contributed by atoms with Crippen LogP contribution < -0.4 is 15.5 Å². The number of hydrogen-bond acceptors (Lipinski definition) is 3. The standard InChI is InChI=1S/C21H25ClN4O/c1-15-6-8-23-19(10-15)26-9-7-21(14-26)11-18(12-21)25-20(27)24-13-16-2-4-17(22)5-3-16/h2-6,8,10,18H,7,9,11-14H2,1H3,(H2,24,25,27). The highest BCUT2D eigenvalue weighted by Gasteiger charge is 2.49. The summed E-state index contributed by atoms with van der Waals surface area (Å²) in [6, 6.07) is 11.9. The van der Waals surface area contributed by atoms with E-state index in [0.717, 1.165) is 37.3 Å². The maximum atomic E-state index is 12.1. The van der Waals surface area contributed by atoms with Gasteiger partial charge in [-0.1, -0.05) is 23.7 Å². The average molecular weight is 385 g/mol. The molecule has 142 valence electrons. The van der Waals surface area contributed by atoms with Gasteiger partial charge < -0.3 is 15.5 Å². The summed E-state index contributed by atoms with van der Waals surface area (Å²) in [4.78, 5) is 19.0. The lowest BCUT2D eigenvalue weighted by Crippen LogP contribution is -2.54. The minimum Gasteiger partial charge on any atom is -0.356 e. The van der Waals surface area contributed by atoms with E-state index in [0.29, 0.717) is 17.0 Å². The second-order valence-corrected chi connectivity index (χ2v) is 8.36. The Morgan fingerprint density at radius 2 is 2.07 bits per heavy atom. The summed E-state index contributed by atoms with van der Waals surface area (Å²) in [5, 5.41) is 6.73. The predicted octanol–water partition coefficient (Wildman–Crippen LogP) is 3.90. The number of rotatable bonds is 4. The van der Waals surface area contributed by atoms with Crippen molar-refractivity contribution in [2.45, 2.75) is 38.8 Å². The van der Waals surface area contributed by atoms with Crippen molar-refractivity contribution < 1.29 is 4.79 Å². The number of pyridine rings is 1. The summed E-state index contributed by atoms with van der Waals surface area (Å²) in [7, 11) is 0. The van der Waals surface area contributed by atoms with Crippen LogP contribution in [0.2, 0.25) is 5.02 Å². The van der Waals surface area contributed by atoms with Gasteiger partial charge in [-0.15, -0.1) is 0 Å². The number of carbonyl (C=O) groups excluding carboxylic acids is 1. The first-order chi connectivity index (χ1) is 13.0. The first-order valence-electron chi connectivity index (χ1n) is 9.48. The van der Waals surface area contributed by atoms with Crippen LogP contribution in [-0.2, 0) is 6.54 Å². The number of aryl methyl sites for hydroxylation is 1. The van der Waals surface area contributed by atoms with Gasteiger partial charge in [0.05, 0.1) is 0 Å². The van der Waals surface area contributed by atoms with Crippen molar-refractivity contribution in [3.63, 3.8) is 0 Å². The van der Waals surface area contributed by atoms with Gasteiger partial charge >= 0.3 is 6.03 Å². The third-order valence-corrected chi connectivity index (χ3v) is 5.98. The van der Waals surface area contributed by atoms with Gasteiger partial charge in [-0.2, -0.15) is 0 Å². The molecule has 5 nitrogen and oxygen atoms in total. The van der Waals surface area contributed by atoms with E-state index in [-0.39, 0.29) is 12.1 Å². The molecule has 1 saturated heterocycles. The Kier molecular flexibility index (Phi) is 4.96. The molecule has 1 aliphatic heterocycles. The number of halogens is 1. The van der Waals surface area contributed by atoms with Gasteiger partial charge in [-0.3, -0.25) is 0 Å². The van der Waals surface area contributed by atoms with Crippen LogP contribution in [0.15, 0.2) is 42.6 Å². The minimum atomic E-state index is -0.0972. The van der Waals surface area contributed by atoms with E-state index in [1.165, 1.54) is 12.0 Å². The quantitative estimate of drug-likeness (QED) is 0.840. The third kappa shape index (κ3) is 4.19. The number of nitrogens with zero attached hydrogens (tertiary/aromatic N) is 2. The van der Waals surface area contributed by atoms with E-state index in [1.807, 2.05) is 36.5 Å². The maximum absolute atomic E-state index is 12.1. The van der Waals surface area contributed by atoms with Crippen molar-refractivity contribution in [3.8, 4) is 0 Å². The molecule has 2 aliphatic rings. The molecule has 1 spiro atoms. The second kappa shape index (κ2) is 7.39. The van der Waals surface area contributed by atoms with Crippen molar-refractivity contribution >= 4 is 23.4 Å². The monoisotopic (exact) mass is 384 g/mol. The Hall–Kier alpha value is -2.27. The van der Waals surface area contributed by atoms with Crippen LogP contribution in [0.4, 0.5) is 10.6 Å². The van der Waals surface area contributed by atoms with Crippen LogP contribution in [0.3, 0.4) is 0 Å². The minimum absolute atomic E-state index is 0.0972. The lowest BCUT2D eigenvalue weighted by Gasteiger charge is -2.45. The molecule has 2 heterocycles. The summed E-state index contributed by atoms with van der Waals surface area (Å²) in [6.07, 6.45) is 5.15. The molecule has 1 saturated carbocycles. The Balaban J connectivity index is 1.22. The van der Waals surface area contributed by atoms with Gasteiger partial charge in [0, 0.05) is 36.9 Å². The normalized spacial score (nSPS) is 23.9. The number of benzene rings is 1. The Bertz CT molecular complexity index is 817. The van der Waals surface area contributed by atoms with E-state index in [1.54, 1.807) is 0 Å². The van der Waals surface area contributed by atoms with E-state index >= 15 is 0 Å². The molecule has 2 amide bonds. The van der Waals surface area contributed by atoms with Crippen LogP contribution in [0.1, 0.15) is 30.4 Å². The molecule has 2 aromatic rings. The largest absolute Gasteiger partial charge is 0.356 e. The van der Waals surface area contributed by atoms with Crippen molar-refractivity contribution in [2.24, 2.45) is 5.41 Å². The highest BCUT2D eigenvalue weighted by Crippen LogP contribution is 2.48. The number of nitrogens with one attached hydrogen (secondary N) is 2. The molecule has 4 rings (SSSR count). The highest BCUT2D eigenvalue weighted by molar-refractivity contribution is 6.30. The predicted molar refractivity (Wildman–Crippen MR) is 108 cm³/mol. The summed E-state index contributed by atoms with van der Waals surface area (Å²) >= 11 is 5.88. The van der Waals surface area contributed by atoms with E-state index in [9.17, 15) is 4.79 Å². The van der Waals surface area contributed by atoms with Crippen molar-refractivity contribution in [1.29, 1.82) is 0 Å². The molecule has 2 fully saturated rings. The van der Waals surface area contributed by atoms with Gasteiger partial charge in [0.1, 0.15) is 5.82 Å². The molecule has 0 radical (unpaired) electrons. The van der Waals surface area contributed by atoms with E-state index in [4.69, 9.17) is 11.6 Å². The van der Waals surface area contributed by atoms with Crippen molar-refractivity contribution in [1.82, 2.24) is 15.6 Å². The lowest BCUT2D eigenvalue weighted by molar-refractivity contribution is 0.111. The molecular formula is C21H25ClN4O. The SMILES string of the molecule is Cc1ccnc(N2CCC3(CC(NC(=O)NCc4ccc(Cl)cc4)C3)C2)c1. The van der Waals surface area contributed by atoms with Gasteiger partial charge in [0.15, 0.2) is 0 Å². The van der Waals surface area contributed by atoms with Gasteiger partial charge in [0.25, 0.3) is 0 Å². The summed E-state index contributed by atoms with van der Waals surface area (Å²) in [5.74, 6) is 1.07. The van der Waals surface area contributed by atoms with Crippen molar-refractivity contribution in [2.75, 3.05) is 18.0 Å². The van der Waals surface area contributed by atoms with Crippen LogP contribution in [0, 0.1) is 12.3 Å². The Morgan fingerprint density at radius 1 is 1.30 bits per heavy atom. The van der Waals surface area contributed by atoms with E-state index < -0.39 is 0 Å². The number of amides is 2. The van der Waals surface area contributed by atoms with Crippen LogP contribution in [0.5, 0.6) is 0 Å². The van der Waals surface area contributed by atoms with Gasteiger partial charge in [-0.05, 0) is 67.0 Å². The second-order valence-electron chi connectivity index (χ2n) is 7.92. The average Bonchev–Trinajstić information content (AvgIpc) is 3.06. The molecular weight excluding hydrogens is 360 g/mol. The molecule has 0 unspecified atom stereocenters. The highest BCUT2D eigenvalue weighted by atomic mass is 35.5. The molecule has 6 heteroatoms. The molecule has 1 aliphatic carbocycles. The Labute approximate surface area is 165 Å². The first kappa shape index (κ1) is 18.1. The zero-order chi connectivity index (χ0) is 18.9. The zero-order valence-electron chi connectivity index (χ0n) is 15.5. The molecule has 27 heavy (non-hydrogen) atoms. The van der Waals surface area contributed by atoms with Gasteiger partial charge in [0.2, 0.25) is 0 Å². The number of hydrogen-bond donors (Lipinski definition) is 2. The first-order valence-corrected chi connectivity index (χ1v) is 9.86. The van der Waals surface area contributed by atoms with Gasteiger partial charge in [-0.25, -0.2) is 9.78 Å². The summed E-state index contributed by atoms with van der Waals surface area (Å²) < 4.78 is 0. The molecule has 1 aromatic carbocycles. The topological polar surface area (TPSA) is 57.3 Å². The van der Waals surface area contributed by atoms with Crippen molar-refractivity contribution in [3.05, 3.63) is 58.7 Å². The van der Waals surface area contributed by atoms with Crippen LogP contribution in [-0.4, -0.2) is 30.1 Å². The zero-order valence-corrected chi connectivity index (χ0v) is 16.3. The smallest absolute Gasteiger partial charge is 0.315 e. The number of carbonyl (C=O) groups is 1. The van der Waals surface area contributed by atoms with Crippen LogP contribution >= 0.6 is 11.6 Å². The third-order valence-electron chi connectivity index (χ3n) is 5.72. The molecule has 1 aromatic heterocycles. The number of aromatic nitrogens is 1. The fourth-order valence-electron chi connectivity index (χ4n) is 4.27. The number of urea groups is 1.